The van der Waals surface area contributed by atoms with Crippen molar-refractivity contribution in [1.82, 2.24) is 0 Å². The Hall–Kier alpha value is -0.0800. The van der Waals surface area contributed by atoms with Crippen LogP contribution in [0.25, 0.3) is 0 Å². The molecule has 0 aromatic carbocycles. The quantitative estimate of drug-likeness (QED) is 0.749. The van der Waals surface area contributed by atoms with Crippen molar-refractivity contribution in [2.75, 3.05) is 6.61 Å². The third-order valence-electron chi connectivity index (χ3n) is 4.40. The summed E-state index contributed by atoms with van der Waals surface area (Å²) in [7, 11) is 0. The van der Waals surface area contributed by atoms with E-state index in [2.05, 4.69) is 0 Å². The molecule has 0 aromatic heterocycles. The van der Waals surface area contributed by atoms with Gasteiger partial charge in [0.05, 0.1) is 12.2 Å². The first-order valence-electron chi connectivity index (χ1n) is 6.06. The van der Waals surface area contributed by atoms with Crippen LogP contribution in [-0.2, 0) is 4.74 Å². The molecule has 2 unspecified atom stereocenters. The molecule has 1 saturated carbocycles. The summed E-state index contributed by atoms with van der Waals surface area (Å²) in [6, 6.07) is 0. The minimum absolute atomic E-state index is 0.349. The number of aliphatic hydroxyl groups is 1. The highest BCUT2D eigenvalue weighted by molar-refractivity contribution is 4.96. The Bertz CT molecular complexity index is 210. The molecule has 14 heavy (non-hydrogen) atoms. The van der Waals surface area contributed by atoms with Gasteiger partial charge in [-0.15, -0.1) is 0 Å². The Morgan fingerprint density at radius 1 is 1.14 bits per heavy atom. The van der Waals surface area contributed by atoms with Crippen LogP contribution in [0.5, 0.6) is 0 Å². The lowest BCUT2D eigenvalue weighted by atomic mass is 9.85. The van der Waals surface area contributed by atoms with E-state index in [-0.39, 0.29) is 0 Å². The molecule has 0 aromatic rings. The van der Waals surface area contributed by atoms with Crippen molar-refractivity contribution >= 4 is 0 Å². The van der Waals surface area contributed by atoms with Gasteiger partial charge in [-0.3, -0.25) is 0 Å². The lowest BCUT2D eigenvalue weighted by molar-refractivity contribution is -0.0270. The fraction of sp³-hybridized carbons (Fsp3) is 1.00. The molecule has 1 N–H and O–H groups in total. The highest BCUT2D eigenvalue weighted by atomic mass is 16.5. The van der Waals surface area contributed by atoms with Crippen molar-refractivity contribution in [2.45, 2.75) is 57.2 Å². The minimum Gasteiger partial charge on any atom is -0.396 e. The summed E-state index contributed by atoms with van der Waals surface area (Å²) in [6.07, 6.45) is 10.0. The predicted octanol–water partition coefficient (Wildman–Crippen LogP) is 2.11. The van der Waals surface area contributed by atoms with Crippen LogP contribution >= 0.6 is 0 Å². The van der Waals surface area contributed by atoms with E-state index < -0.39 is 0 Å². The van der Waals surface area contributed by atoms with Crippen molar-refractivity contribution in [3.05, 3.63) is 0 Å². The van der Waals surface area contributed by atoms with Crippen LogP contribution in [0.2, 0.25) is 0 Å². The molecule has 2 aliphatic heterocycles. The fourth-order valence-corrected chi connectivity index (χ4v) is 3.35. The molecule has 3 rings (SSSR count). The molecular formula is C12H20O2. The average Bonchev–Trinajstić information content (AvgIpc) is 2.88. The summed E-state index contributed by atoms with van der Waals surface area (Å²) in [5.74, 6) is 0.843. The molecule has 1 aliphatic carbocycles. The van der Waals surface area contributed by atoms with Gasteiger partial charge >= 0.3 is 0 Å². The van der Waals surface area contributed by atoms with Crippen molar-refractivity contribution in [2.24, 2.45) is 11.3 Å². The average molecular weight is 196 g/mol. The topological polar surface area (TPSA) is 29.5 Å². The van der Waals surface area contributed by atoms with Crippen molar-refractivity contribution < 1.29 is 9.84 Å². The highest BCUT2D eigenvalue weighted by Crippen LogP contribution is 2.53. The second-order valence-corrected chi connectivity index (χ2v) is 5.66. The molecule has 0 spiro atoms. The van der Waals surface area contributed by atoms with Crippen LogP contribution in [-0.4, -0.2) is 23.9 Å². The van der Waals surface area contributed by atoms with E-state index in [1.165, 1.54) is 44.9 Å². The maximum Gasteiger partial charge on any atom is 0.0582 e. The normalized spacial score (nSPS) is 43.9. The van der Waals surface area contributed by atoms with E-state index in [0.717, 1.165) is 5.92 Å². The van der Waals surface area contributed by atoms with Crippen molar-refractivity contribution in [3.8, 4) is 0 Å². The van der Waals surface area contributed by atoms with E-state index in [9.17, 15) is 5.11 Å². The van der Waals surface area contributed by atoms with E-state index >= 15 is 0 Å². The molecule has 3 aliphatic rings. The SMILES string of the molecule is OCC1(CC2CC3CCC(C2)O3)CC1. The zero-order valence-corrected chi connectivity index (χ0v) is 8.74. The van der Waals surface area contributed by atoms with Crippen LogP contribution in [0.4, 0.5) is 0 Å². The van der Waals surface area contributed by atoms with Gasteiger partial charge in [0.1, 0.15) is 0 Å². The maximum absolute atomic E-state index is 9.30. The summed E-state index contributed by atoms with van der Waals surface area (Å²) in [4.78, 5) is 0. The van der Waals surface area contributed by atoms with E-state index in [1.54, 1.807) is 0 Å². The van der Waals surface area contributed by atoms with Gasteiger partial charge < -0.3 is 9.84 Å². The number of rotatable bonds is 3. The number of hydrogen-bond donors (Lipinski definition) is 1. The molecule has 2 saturated heterocycles. The Morgan fingerprint density at radius 2 is 1.79 bits per heavy atom. The number of ether oxygens (including phenoxy) is 1. The zero-order chi connectivity index (χ0) is 9.60. The molecule has 0 amide bonds. The standard InChI is InChI=1S/C12H20O2/c13-8-12(3-4-12)7-9-5-10-1-2-11(6-9)14-10/h9-11,13H,1-8H2. The molecule has 0 radical (unpaired) electrons. The molecule has 2 atom stereocenters. The molecule has 2 heterocycles. The first-order valence-corrected chi connectivity index (χ1v) is 6.06. The van der Waals surface area contributed by atoms with Gasteiger partial charge in [0.2, 0.25) is 0 Å². The van der Waals surface area contributed by atoms with Gasteiger partial charge in [0.15, 0.2) is 0 Å². The Labute approximate surface area is 85.6 Å². The van der Waals surface area contributed by atoms with Crippen molar-refractivity contribution in [1.29, 1.82) is 0 Å². The fourth-order valence-electron chi connectivity index (χ4n) is 3.35. The molecule has 2 nitrogen and oxygen atoms in total. The summed E-state index contributed by atoms with van der Waals surface area (Å²) in [6.45, 7) is 0.416. The summed E-state index contributed by atoms with van der Waals surface area (Å²) >= 11 is 0. The predicted molar refractivity (Wildman–Crippen MR) is 54.0 cm³/mol. The Balaban J connectivity index is 1.59. The number of aliphatic hydroxyl groups excluding tert-OH is 1. The summed E-state index contributed by atoms with van der Waals surface area (Å²) in [5.41, 5.74) is 0.349. The highest BCUT2D eigenvalue weighted by Gasteiger charge is 2.46. The third-order valence-corrected chi connectivity index (χ3v) is 4.40. The largest absolute Gasteiger partial charge is 0.396 e. The van der Waals surface area contributed by atoms with Gasteiger partial charge in [-0.2, -0.15) is 0 Å². The number of hydrogen-bond acceptors (Lipinski definition) is 2. The second kappa shape index (κ2) is 3.21. The molecule has 80 valence electrons. The summed E-state index contributed by atoms with van der Waals surface area (Å²) < 4.78 is 5.83. The maximum atomic E-state index is 9.30. The first kappa shape index (κ1) is 9.17. The van der Waals surface area contributed by atoms with Crippen LogP contribution in [0.3, 0.4) is 0 Å². The van der Waals surface area contributed by atoms with Crippen LogP contribution in [0.1, 0.15) is 44.9 Å². The van der Waals surface area contributed by atoms with E-state index in [4.69, 9.17) is 4.74 Å². The van der Waals surface area contributed by atoms with Crippen LogP contribution in [0, 0.1) is 11.3 Å². The number of fused-ring (bicyclic) bond motifs is 2. The summed E-state index contributed by atoms with van der Waals surface area (Å²) in [5, 5.41) is 9.30. The first-order chi connectivity index (χ1) is 6.80. The molecule has 3 fully saturated rings. The Morgan fingerprint density at radius 3 is 2.29 bits per heavy atom. The van der Waals surface area contributed by atoms with E-state index in [1.807, 2.05) is 0 Å². The monoisotopic (exact) mass is 196 g/mol. The molecular weight excluding hydrogens is 176 g/mol. The van der Waals surface area contributed by atoms with Gasteiger partial charge in [0.25, 0.3) is 0 Å². The van der Waals surface area contributed by atoms with Crippen LogP contribution < -0.4 is 0 Å². The van der Waals surface area contributed by atoms with Gasteiger partial charge in [-0.1, -0.05) is 0 Å². The van der Waals surface area contributed by atoms with Gasteiger partial charge in [-0.05, 0) is 56.3 Å². The third kappa shape index (κ3) is 1.59. The van der Waals surface area contributed by atoms with E-state index in [0.29, 0.717) is 24.2 Å². The Kier molecular flexibility index (Phi) is 2.10. The molecule has 2 heteroatoms. The van der Waals surface area contributed by atoms with Crippen molar-refractivity contribution in [3.63, 3.8) is 0 Å². The van der Waals surface area contributed by atoms with Gasteiger partial charge in [-0.25, -0.2) is 0 Å². The second-order valence-electron chi connectivity index (χ2n) is 5.66. The lowest BCUT2D eigenvalue weighted by Gasteiger charge is -2.30. The van der Waals surface area contributed by atoms with Gasteiger partial charge in [0, 0.05) is 6.61 Å². The molecule has 2 bridgehead atoms. The minimum atomic E-state index is 0.349. The van der Waals surface area contributed by atoms with Crippen LogP contribution in [0.15, 0.2) is 0 Å². The zero-order valence-electron chi connectivity index (χ0n) is 8.74. The smallest absolute Gasteiger partial charge is 0.0582 e. The lowest BCUT2D eigenvalue weighted by Crippen LogP contribution is -2.27.